The summed E-state index contributed by atoms with van der Waals surface area (Å²) in [5.41, 5.74) is 0.601. The van der Waals surface area contributed by atoms with Gasteiger partial charge in [-0.25, -0.2) is 9.59 Å². The SMILES string of the molecule is COC(=O)C1=CO[C@@H](O[C@@H]2O[C@H](CO)[C@@H](O)[C@H](O)[C@H]2O)C2C1[C@H](O)[C@H](OC(=O)/C=C/c1ccc(O)cc1)[C@@H]2C. The van der Waals surface area contributed by atoms with Crippen molar-refractivity contribution in [2.24, 2.45) is 17.8 Å². The number of phenols is 1. The first-order valence-electron chi connectivity index (χ1n) is 12.3. The molecule has 1 aliphatic carbocycles. The van der Waals surface area contributed by atoms with Crippen LogP contribution in [0, 0.1) is 17.8 Å². The Bertz CT molecular complexity index is 1080. The third kappa shape index (κ3) is 5.79. The van der Waals surface area contributed by atoms with Crippen LogP contribution in [-0.2, 0) is 33.3 Å². The van der Waals surface area contributed by atoms with Gasteiger partial charge in [-0.3, -0.25) is 0 Å². The lowest BCUT2D eigenvalue weighted by Crippen LogP contribution is -2.60. The number of aliphatic hydroxyl groups excluding tert-OH is 5. The van der Waals surface area contributed by atoms with Crippen LogP contribution in [0.1, 0.15) is 12.5 Å². The molecule has 0 amide bonds. The molecule has 13 heteroatoms. The molecule has 1 saturated carbocycles. The van der Waals surface area contributed by atoms with Crippen molar-refractivity contribution in [2.45, 2.75) is 56.1 Å². The van der Waals surface area contributed by atoms with Crippen molar-refractivity contribution in [3.05, 3.63) is 47.7 Å². The minimum atomic E-state index is -1.71. The Morgan fingerprint density at radius 1 is 1.00 bits per heavy atom. The first-order chi connectivity index (χ1) is 18.6. The van der Waals surface area contributed by atoms with Gasteiger partial charge in [-0.15, -0.1) is 0 Å². The number of fused-ring (bicyclic) bond motifs is 1. The average molecular weight is 553 g/mol. The fourth-order valence-electron chi connectivity index (χ4n) is 5.24. The quantitative estimate of drug-likeness (QED) is 0.174. The van der Waals surface area contributed by atoms with E-state index in [2.05, 4.69) is 0 Å². The van der Waals surface area contributed by atoms with Gasteiger partial charge in [0.1, 0.15) is 36.3 Å². The number of ether oxygens (including phenoxy) is 5. The summed E-state index contributed by atoms with van der Waals surface area (Å²) in [6.07, 6.45) is -7.83. The minimum absolute atomic E-state index is 0.0197. The number of benzene rings is 1. The molecular weight excluding hydrogens is 520 g/mol. The zero-order valence-corrected chi connectivity index (χ0v) is 21.1. The predicted octanol–water partition coefficient (Wildman–Crippen LogP) is -1.21. The monoisotopic (exact) mass is 552 g/mol. The van der Waals surface area contributed by atoms with Crippen LogP contribution >= 0.6 is 0 Å². The summed E-state index contributed by atoms with van der Waals surface area (Å²) >= 11 is 0. The number of phenolic OH excluding ortho intramolecular Hbond substituents is 1. The largest absolute Gasteiger partial charge is 0.508 e. The molecule has 2 aliphatic heterocycles. The van der Waals surface area contributed by atoms with Gasteiger partial charge in [0.05, 0.1) is 31.7 Å². The lowest BCUT2D eigenvalue weighted by molar-refractivity contribution is -0.343. The van der Waals surface area contributed by atoms with E-state index in [-0.39, 0.29) is 11.3 Å². The predicted molar refractivity (Wildman–Crippen MR) is 129 cm³/mol. The maximum atomic E-state index is 12.6. The van der Waals surface area contributed by atoms with E-state index in [0.717, 1.165) is 19.4 Å². The third-order valence-electron chi connectivity index (χ3n) is 7.34. The highest BCUT2D eigenvalue weighted by molar-refractivity contribution is 5.89. The molecule has 0 spiro atoms. The summed E-state index contributed by atoms with van der Waals surface area (Å²) in [4.78, 5) is 25.1. The number of esters is 2. The number of hydrogen-bond donors (Lipinski definition) is 6. The van der Waals surface area contributed by atoms with Gasteiger partial charge in [0.15, 0.2) is 6.29 Å². The van der Waals surface area contributed by atoms with Gasteiger partial charge >= 0.3 is 11.9 Å². The van der Waals surface area contributed by atoms with Crippen molar-refractivity contribution in [1.82, 2.24) is 0 Å². The van der Waals surface area contributed by atoms with Gasteiger partial charge in [-0.05, 0) is 23.8 Å². The molecular formula is C26H32O13. The molecule has 0 aromatic heterocycles. The Kier molecular flexibility index (Phi) is 8.91. The average Bonchev–Trinajstić information content (AvgIpc) is 3.18. The molecule has 2 heterocycles. The molecule has 0 bridgehead atoms. The highest BCUT2D eigenvalue weighted by Crippen LogP contribution is 2.49. The highest BCUT2D eigenvalue weighted by Gasteiger charge is 2.59. The van der Waals surface area contributed by atoms with Gasteiger partial charge < -0.3 is 54.3 Å². The van der Waals surface area contributed by atoms with Crippen LogP contribution in [0.15, 0.2) is 42.2 Å². The molecule has 39 heavy (non-hydrogen) atoms. The molecule has 4 rings (SSSR count). The zero-order valence-electron chi connectivity index (χ0n) is 21.1. The Hall–Kier alpha value is -3.04. The van der Waals surface area contributed by atoms with E-state index in [9.17, 15) is 40.2 Å². The Morgan fingerprint density at radius 2 is 1.69 bits per heavy atom. The number of rotatable bonds is 7. The van der Waals surface area contributed by atoms with Crippen molar-refractivity contribution in [1.29, 1.82) is 0 Å². The van der Waals surface area contributed by atoms with Crippen LogP contribution in [0.2, 0.25) is 0 Å². The zero-order chi connectivity index (χ0) is 28.4. The van der Waals surface area contributed by atoms with Gasteiger partial charge in [0, 0.05) is 23.8 Å². The van der Waals surface area contributed by atoms with Crippen LogP contribution in [0.3, 0.4) is 0 Å². The second-order valence-electron chi connectivity index (χ2n) is 9.68. The van der Waals surface area contributed by atoms with Crippen LogP contribution in [-0.4, -0.2) is 105 Å². The number of aromatic hydroxyl groups is 1. The van der Waals surface area contributed by atoms with Crippen LogP contribution in [0.25, 0.3) is 6.08 Å². The maximum absolute atomic E-state index is 12.6. The summed E-state index contributed by atoms with van der Waals surface area (Å²) in [5.74, 6) is -3.91. The van der Waals surface area contributed by atoms with E-state index in [4.69, 9.17) is 23.7 Å². The summed E-state index contributed by atoms with van der Waals surface area (Å²) in [6, 6.07) is 6.09. The van der Waals surface area contributed by atoms with E-state index < -0.39 is 85.5 Å². The summed E-state index contributed by atoms with van der Waals surface area (Å²) in [6.45, 7) is 0.988. The summed E-state index contributed by atoms with van der Waals surface area (Å²) in [5, 5.41) is 60.6. The summed E-state index contributed by atoms with van der Waals surface area (Å²) in [7, 11) is 1.16. The molecule has 13 nitrogen and oxygen atoms in total. The van der Waals surface area contributed by atoms with Crippen molar-refractivity contribution in [2.75, 3.05) is 13.7 Å². The lowest BCUT2D eigenvalue weighted by atomic mass is 9.82. The van der Waals surface area contributed by atoms with Crippen molar-refractivity contribution >= 4 is 18.0 Å². The fourth-order valence-corrected chi connectivity index (χ4v) is 5.24. The Balaban J connectivity index is 1.54. The van der Waals surface area contributed by atoms with Crippen LogP contribution in [0.5, 0.6) is 5.75 Å². The number of carbonyl (C=O) groups excluding carboxylic acids is 2. The lowest BCUT2D eigenvalue weighted by Gasteiger charge is -2.43. The molecule has 1 aromatic carbocycles. The van der Waals surface area contributed by atoms with Crippen LogP contribution in [0.4, 0.5) is 0 Å². The number of methoxy groups -OCH3 is 1. The first kappa shape index (κ1) is 29.0. The third-order valence-corrected chi connectivity index (χ3v) is 7.34. The van der Waals surface area contributed by atoms with Gasteiger partial charge in [0.25, 0.3) is 0 Å². The number of carbonyl (C=O) groups is 2. The Labute approximate surface area is 223 Å². The molecule has 11 atom stereocenters. The second kappa shape index (κ2) is 12.0. The second-order valence-corrected chi connectivity index (χ2v) is 9.68. The number of hydrogen-bond acceptors (Lipinski definition) is 13. The van der Waals surface area contributed by atoms with Gasteiger partial charge in [-0.1, -0.05) is 19.1 Å². The van der Waals surface area contributed by atoms with Crippen molar-refractivity contribution in [3.63, 3.8) is 0 Å². The first-order valence-corrected chi connectivity index (χ1v) is 12.3. The standard InChI is InChI=1S/C26H32O13/c1-11-17-18(20(31)23(11)38-16(29)8-5-12-3-6-13(28)7-4-12)14(24(34)35-2)10-36-25(17)39-26-22(33)21(32)19(30)15(9-27)37-26/h3-8,10-11,15,17-23,25-28,30-33H,9H2,1-2H3/b8-5+/t11-,15-,17?,18?,19-,20+,21+,22-,23-,25+,26+/m1/s1. The van der Waals surface area contributed by atoms with Crippen molar-refractivity contribution in [3.8, 4) is 5.75 Å². The van der Waals surface area contributed by atoms with E-state index in [1.807, 2.05) is 0 Å². The maximum Gasteiger partial charge on any atom is 0.337 e. The molecule has 1 aromatic rings. The molecule has 6 N–H and O–H groups in total. The topological polar surface area (TPSA) is 202 Å². The highest BCUT2D eigenvalue weighted by atomic mass is 16.8. The normalized spacial score (nSPS) is 38.0. The Morgan fingerprint density at radius 3 is 2.33 bits per heavy atom. The molecule has 2 unspecified atom stereocenters. The molecule has 1 saturated heterocycles. The van der Waals surface area contributed by atoms with E-state index in [0.29, 0.717) is 5.56 Å². The van der Waals surface area contributed by atoms with Gasteiger partial charge in [0.2, 0.25) is 6.29 Å². The van der Waals surface area contributed by atoms with E-state index in [1.54, 1.807) is 19.1 Å². The fraction of sp³-hybridized carbons (Fsp3) is 0.538. The van der Waals surface area contributed by atoms with E-state index in [1.165, 1.54) is 18.2 Å². The minimum Gasteiger partial charge on any atom is -0.508 e. The molecule has 2 fully saturated rings. The molecule has 214 valence electrons. The smallest absolute Gasteiger partial charge is 0.337 e. The van der Waals surface area contributed by atoms with Crippen LogP contribution < -0.4 is 0 Å². The molecule has 0 radical (unpaired) electrons. The summed E-state index contributed by atoms with van der Waals surface area (Å²) < 4.78 is 27.2. The van der Waals surface area contributed by atoms with Gasteiger partial charge in [-0.2, -0.15) is 0 Å². The molecule has 3 aliphatic rings. The van der Waals surface area contributed by atoms with E-state index >= 15 is 0 Å². The number of aliphatic hydroxyl groups is 5. The van der Waals surface area contributed by atoms with Crippen molar-refractivity contribution < 1.29 is 63.9 Å².